The zero-order valence-corrected chi connectivity index (χ0v) is 14.3. The van der Waals surface area contributed by atoms with E-state index in [9.17, 15) is 4.79 Å². The predicted octanol–water partition coefficient (Wildman–Crippen LogP) is 4.23. The molecule has 0 saturated carbocycles. The number of hydrogen-bond donors (Lipinski definition) is 2. The van der Waals surface area contributed by atoms with Crippen LogP contribution in [0.25, 0.3) is 0 Å². The van der Waals surface area contributed by atoms with Crippen LogP contribution in [-0.4, -0.2) is 24.8 Å². The quantitative estimate of drug-likeness (QED) is 0.874. The van der Waals surface area contributed by atoms with E-state index in [1.165, 1.54) is 0 Å². The van der Waals surface area contributed by atoms with E-state index in [0.29, 0.717) is 10.9 Å². The molecule has 1 aromatic rings. The molecule has 1 aromatic carbocycles. The molecular weight excluding hydrogens is 300 g/mol. The van der Waals surface area contributed by atoms with Gasteiger partial charge in [0.15, 0.2) is 0 Å². The van der Waals surface area contributed by atoms with Crippen LogP contribution >= 0.6 is 11.6 Å². The lowest BCUT2D eigenvalue weighted by atomic mass is 9.90. The smallest absolute Gasteiger partial charge is 0.412 e. The van der Waals surface area contributed by atoms with Crippen LogP contribution in [-0.2, 0) is 11.2 Å². The molecule has 1 aliphatic heterocycles. The maximum atomic E-state index is 12.0. The van der Waals surface area contributed by atoms with Crippen LogP contribution in [0.15, 0.2) is 18.2 Å². The number of rotatable bonds is 3. The lowest BCUT2D eigenvalue weighted by Crippen LogP contribution is -2.29. The number of piperidine rings is 1. The molecule has 1 saturated heterocycles. The van der Waals surface area contributed by atoms with Crippen LogP contribution < -0.4 is 10.6 Å². The average molecular weight is 325 g/mol. The summed E-state index contributed by atoms with van der Waals surface area (Å²) in [4.78, 5) is 12.0. The fraction of sp³-hybridized carbons (Fsp3) is 0.588. The molecule has 1 amide bonds. The van der Waals surface area contributed by atoms with Crippen molar-refractivity contribution in [2.45, 2.75) is 45.6 Å². The van der Waals surface area contributed by atoms with Gasteiger partial charge in [-0.25, -0.2) is 4.79 Å². The number of carbonyl (C=O) groups is 1. The van der Waals surface area contributed by atoms with E-state index >= 15 is 0 Å². The monoisotopic (exact) mass is 324 g/mol. The maximum absolute atomic E-state index is 12.0. The summed E-state index contributed by atoms with van der Waals surface area (Å²) >= 11 is 6.12. The Balaban J connectivity index is 2.08. The van der Waals surface area contributed by atoms with Crippen molar-refractivity contribution in [2.75, 3.05) is 18.4 Å². The van der Waals surface area contributed by atoms with Crippen molar-refractivity contribution >= 4 is 23.4 Å². The molecule has 22 heavy (non-hydrogen) atoms. The van der Waals surface area contributed by atoms with Gasteiger partial charge >= 0.3 is 6.09 Å². The molecule has 122 valence electrons. The van der Waals surface area contributed by atoms with Gasteiger partial charge in [-0.3, -0.25) is 5.32 Å². The molecule has 0 radical (unpaired) electrons. The normalized spacial score (nSPS) is 16.4. The summed E-state index contributed by atoms with van der Waals surface area (Å²) in [6.07, 6.45) is 2.80. The molecule has 0 atom stereocenters. The summed E-state index contributed by atoms with van der Waals surface area (Å²) in [6, 6.07) is 5.58. The second kappa shape index (κ2) is 7.34. The number of ether oxygens (including phenoxy) is 1. The second-order valence-electron chi connectivity index (χ2n) is 6.83. The Morgan fingerprint density at radius 1 is 1.36 bits per heavy atom. The highest BCUT2D eigenvalue weighted by Crippen LogP contribution is 2.27. The van der Waals surface area contributed by atoms with E-state index < -0.39 is 11.7 Å². The summed E-state index contributed by atoms with van der Waals surface area (Å²) in [5, 5.41) is 6.91. The van der Waals surface area contributed by atoms with E-state index in [-0.39, 0.29) is 0 Å². The molecule has 0 aliphatic carbocycles. The van der Waals surface area contributed by atoms with Crippen molar-refractivity contribution in [3.05, 3.63) is 28.8 Å². The molecule has 0 aromatic heterocycles. The number of carbonyl (C=O) groups excluding carboxylic acids is 1. The van der Waals surface area contributed by atoms with Gasteiger partial charge in [-0.05, 0) is 82.8 Å². The minimum absolute atomic E-state index is 0.429. The first-order valence-electron chi connectivity index (χ1n) is 7.82. The number of halogens is 1. The van der Waals surface area contributed by atoms with Gasteiger partial charge in [0.05, 0.1) is 0 Å². The summed E-state index contributed by atoms with van der Waals surface area (Å²) in [5.41, 5.74) is 1.36. The molecule has 1 aliphatic rings. The number of nitrogens with one attached hydrogen (secondary N) is 2. The summed E-state index contributed by atoms with van der Waals surface area (Å²) in [6.45, 7) is 7.67. The van der Waals surface area contributed by atoms with E-state index in [1.54, 1.807) is 6.07 Å². The highest BCUT2D eigenvalue weighted by Gasteiger charge is 2.19. The lowest BCUT2D eigenvalue weighted by Gasteiger charge is -2.24. The average Bonchev–Trinajstić information content (AvgIpc) is 2.41. The highest BCUT2D eigenvalue weighted by molar-refractivity contribution is 6.30. The van der Waals surface area contributed by atoms with Crippen molar-refractivity contribution in [3.63, 3.8) is 0 Å². The van der Waals surface area contributed by atoms with Crippen molar-refractivity contribution in [3.8, 4) is 0 Å². The Hall–Kier alpha value is -1.26. The molecule has 2 N–H and O–H groups in total. The lowest BCUT2D eigenvalue weighted by molar-refractivity contribution is 0.0635. The Kier molecular flexibility index (Phi) is 5.70. The van der Waals surface area contributed by atoms with Gasteiger partial charge in [0.2, 0.25) is 0 Å². The fourth-order valence-electron chi connectivity index (χ4n) is 2.66. The van der Waals surface area contributed by atoms with Gasteiger partial charge in [0.25, 0.3) is 0 Å². The summed E-state index contributed by atoms with van der Waals surface area (Å²) < 4.78 is 5.32. The predicted molar refractivity (Wildman–Crippen MR) is 90.6 cm³/mol. The molecular formula is C17H25ClN2O2. The zero-order chi connectivity index (χ0) is 16.2. The van der Waals surface area contributed by atoms with Gasteiger partial charge < -0.3 is 10.1 Å². The molecule has 0 unspecified atom stereocenters. The summed E-state index contributed by atoms with van der Waals surface area (Å²) in [5.74, 6) is 0.624. The van der Waals surface area contributed by atoms with Crippen LogP contribution in [0.4, 0.5) is 10.5 Å². The maximum Gasteiger partial charge on any atom is 0.412 e. The third kappa shape index (κ3) is 5.50. The first-order chi connectivity index (χ1) is 10.3. The minimum atomic E-state index is -0.508. The van der Waals surface area contributed by atoms with Gasteiger partial charge in [-0.2, -0.15) is 0 Å². The minimum Gasteiger partial charge on any atom is -0.444 e. The number of hydrogen-bond acceptors (Lipinski definition) is 3. The van der Waals surface area contributed by atoms with E-state index in [4.69, 9.17) is 16.3 Å². The SMILES string of the molecule is CC(C)(C)OC(=O)Nc1ccc(Cl)cc1CC1CCNCC1. The largest absolute Gasteiger partial charge is 0.444 e. The Morgan fingerprint density at radius 3 is 2.68 bits per heavy atom. The van der Waals surface area contributed by atoms with Crippen molar-refractivity contribution in [2.24, 2.45) is 5.92 Å². The Morgan fingerprint density at radius 2 is 2.05 bits per heavy atom. The molecule has 4 nitrogen and oxygen atoms in total. The first-order valence-corrected chi connectivity index (χ1v) is 8.20. The van der Waals surface area contributed by atoms with E-state index in [1.807, 2.05) is 32.9 Å². The van der Waals surface area contributed by atoms with Crippen LogP contribution in [0.3, 0.4) is 0 Å². The van der Waals surface area contributed by atoms with Crippen molar-refractivity contribution < 1.29 is 9.53 Å². The standard InChI is InChI=1S/C17H25ClN2O2/c1-17(2,3)22-16(21)20-15-5-4-14(18)11-13(15)10-12-6-8-19-9-7-12/h4-5,11-12,19H,6-10H2,1-3H3,(H,20,21). The number of benzene rings is 1. The van der Waals surface area contributed by atoms with E-state index in [2.05, 4.69) is 10.6 Å². The third-order valence-corrected chi connectivity index (χ3v) is 3.91. The van der Waals surface area contributed by atoms with Crippen LogP contribution in [0.5, 0.6) is 0 Å². The Labute approximate surface area is 137 Å². The van der Waals surface area contributed by atoms with Crippen molar-refractivity contribution in [1.29, 1.82) is 0 Å². The fourth-order valence-corrected chi connectivity index (χ4v) is 2.86. The number of anilines is 1. The van der Waals surface area contributed by atoms with Gasteiger partial charge in [0, 0.05) is 10.7 Å². The van der Waals surface area contributed by atoms with Gasteiger partial charge in [0.1, 0.15) is 5.60 Å². The molecule has 0 bridgehead atoms. The molecule has 1 heterocycles. The third-order valence-electron chi connectivity index (χ3n) is 3.67. The molecule has 1 fully saturated rings. The van der Waals surface area contributed by atoms with Crippen LogP contribution in [0.1, 0.15) is 39.2 Å². The zero-order valence-electron chi connectivity index (χ0n) is 13.5. The van der Waals surface area contributed by atoms with E-state index in [0.717, 1.165) is 43.6 Å². The first kappa shape index (κ1) is 17.1. The molecule has 0 spiro atoms. The second-order valence-corrected chi connectivity index (χ2v) is 7.26. The van der Waals surface area contributed by atoms with Gasteiger partial charge in [-0.15, -0.1) is 0 Å². The van der Waals surface area contributed by atoms with Crippen LogP contribution in [0, 0.1) is 5.92 Å². The van der Waals surface area contributed by atoms with Crippen molar-refractivity contribution in [1.82, 2.24) is 5.32 Å². The molecule has 5 heteroatoms. The topological polar surface area (TPSA) is 50.4 Å². The molecule has 2 rings (SSSR count). The number of amides is 1. The van der Waals surface area contributed by atoms with Crippen LogP contribution in [0.2, 0.25) is 5.02 Å². The highest BCUT2D eigenvalue weighted by atomic mass is 35.5. The van der Waals surface area contributed by atoms with Gasteiger partial charge in [-0.1, -0.05) is 11.6 Å². The Bertz CT molecular complexity index is 520. The summed E-state index contributed by atoms with van der Waals surface area (Å²) in [7, 11) is 0.